The van der Waals surface area contributed by atoms with Crippen LogP contribution in [0.3, 0.4) is 0 Å². The van der Waals surface area contributed by atoms with Crippen molar-refractivity contribution in [2.75, 3.05) is 0 Å². The molecule has 0 radical (unpaired) electrons. The zero-order valence-corrected chi connectivity index (χ0v) is 11.6. The lowest BCUT2D eigenvalue weighted by molar-refractivity contribution is 0.208. The molecule has 108 valence electrons. The van der Waals surface area contributed by atoms with Gasteiger partial charge in [0, 0.05) is 18.7 Å². The van der Waals surface area contributed by atoms with E-state index in [4.69, 9.17) is 0 Å². The number of halogens is 2. The first-order valence-electron chi connectivity index (χ1n) is 7.89. The first-order valence-corrected chi connectivity index (χ1v) is 7.89. The van der Waals surface area contributed by atoms with Crippen LogP contribution in [0.15, 0.2) is 18.2 Å². The van der Waals surface area contributed by atoms with Crippen LogP contribution in [0.4, 0.5) is 8.78 Å². The SMILES string of the molecule is Fc1cc(F)cc(CN[C@@H]2C[C@@H]3C[C@H]2[C@@H]2CCC[C@H]32)c1. The number of hydrogen-bond donors (Lipinski definition) is 1. The summed E-state index contributed by atoms with van der Waals surface area (Å²) in [5.41, 5.74) is 0.716. The first kappa shape index (κ1) is 12.8. The molecule has 4 rings (SSSR count). The van der Waals surface area contributed by atoms with Crippen LogP contribution in [0.5, 0.6) is 0 Å². The molecule has 1 N–H and O–H groups in total. The molecule has 0 saturated heterocycles. The third kappa shape index (κ3) is 2.07. The molecule has 1 nitrogen and oxygen atoms in total. The predicted octanol–water partition coefficient (Wildman–Crippen LogP) is 3.88. The van der Waals surface area contributed by atoms with Gasteiger partial charge in [-0.15, -0.1) is 0 Å². The molecule has 0 amide bonds. The van der Waals surface area contributed by atoms with Gasteiger partial charge >= 0.3 is 0 Å². The first-order chi connectivity index (χ1) is 9.70. The highest BCUT2D eigenvalue weighted by molar-refractivity contribution is 5.18. The maximum Gasteiger partial charge on any atom is 0.126 e. The summed E-state index contributed by atoms with van der Waals surface area (Å²) >= 11 is 0. The molecule has 3 heteroatoms. The van der Waals surface area contributed by atoms with Gasteiger partial charge < -0.3 is 5.32 Å². The van der Waals surface area contributed by atoms with E-state index in [0.717, 1.165) is 29.7 Å². The van der Waals surface area contributed by atoms with Gasteiger partial charge in [0.25, 0.3) is 0 Å². The van der Waals surface area contributed by atoms with Crippen LogP contribution in [0.25, 0.3) is 0 Å². The van der Waals surface area contributed by atoms with Gasteiger partial charge in [-0.05, 0) is 67.1 Å². The Morgan fingerprint density at radius 2 is 1.70 bits per heavy atom. The average Bonchev–Trinajstić information content (AvgIpc) is 3.07. The molecule has 3 aliphatic carbocycles. The van der Waals surface area contributed by atoms with Crippen LogP contribution in [0.2, 0.25) is 0 Å². The Labute approximate surface area is 118 Å². The molecular formula is C17H21F2N. The number of rotatable bonds is 3. The van der Waals surface area contributed by atoms with E-state index >= 15 is 0 Å². The maximum atomic E-state index is 13.2. The second-order valence-corrected chi connectivity index (χ2v) is 6.92. The maximum absolute atomic E-state index is 13.2. The molecule has 1 aromatic carbocycles. The number of benzene rings is 1. The van der Waals surface area contributed by atoms with Crippen molar-refractivity contribution in [2.24, 2.45) is 23.7 Å². The van der Waals surface area contributed by atoms with Crippen molar-refractivity contribution in [3.8, 4) is 0 Å². The van der Waals surface area contributed by atoms with Crippen LogP contribution in [-0.2, 0) is 6.54 Å². The normalized spacial score (nSPS) is 38.4. The summed E-state index contributed by atoms with van der Waals surface area (Å²) in [6.45, 7) is 0.583. The van der Waals surface area contributed by atoms with Gasteiger partial charge in [-0.3, -0.25) is 0 Å². The van der Waals surface area contributed by atoms with E-state index in [-0.39, 0.29) is 0 Å². The molecule has 1 aromatic rings. The summed E-state index contributed by atoms with van der Waals surface area (Å²) in [7, 11) is 0. The largest absolute Gasteiger partial charge is 0.310 e. The Bertz CT molecular complexity index is 495. The molecule has 3 fully saturated rings. The average molecular weight is 277 g/mol. The highest BCUT2D eigenvalue weighted by atomic mass is 19.1. The standard InChI is InChI=1S/C17H21F2N/c18-12-4-10(5-13(19)8-12)9-20-17-7-11-6-16(17)15-3-1-2-14(11)15/h4-5,8,11,14-17,20H,1-3,6-7,9H2/t11-,14+,15+,16-,17+/m0/s1. The molecular weight excluding hydrogens is 256 g/mol. The molecule has 0 unspecified atom stereocenters. The Hall–Kier alpha value is -0.960. The van der Waals surface area contributed by atoms with Crippen molar-refractivity contribution < 1.29 is 8.78 Å². The minimum Gasteiger partial charge on any atom is -0.310 e. The van der Waals surface area contributed by atoms with Crippen molar-refractivity contribution in [1.82, 2.24) is 5.32 Å². The zero-order valence-electron chi connectivity index (χ0n) is 11.6. The third-order valence-electron chi connectivity index (χ3n) is 5.92. The van der Waals surface area contributed by atoms with Gasteiger partial charge in [0.1, 0.15) is 11.6 Å². The Morgan fingerprint density at radius 3 is 2.50 bits per heavy atom. The van der Waals surface area contributed by atoms with E-state index in [1.807, 2.05) is 0 Å². The summed E-state index contributed by atoms with van der Waals surface area (Å²) in [5, 5.41) is 3.56. The lowest BCUT2D eigenvalue weighted by Crippen LogP contribution is -2.38. The van der Waals surface area contributed by atoms with Gasteiger partial charge in [-0.2, -0.15) is 0 Å². The van der Waals surface area contributed by atoms with E-state index < -0.39 is 11.6 Å². The van der Waals surface area contributed by atoms with Crippen LogP contribution in [-0.4, -0.2) is 6.04 Å². The van der Waals surface area contributed by atoms with Gasteiger partial charge in [-0.1, -0.05) is 6.42 Å². The van der Waals surface area contributed by atoms with Gasteiger partial charge in [0.2, 0.25) is 0 Å². The molecule has 3 saturated carbocycles. The van der Waals surface area contributed by atoms with Gasteiger partial charge in [0.15, 0.2) is 0 Å². The fraction of sp³-hybridized carbons (Fsp3) is 0.647. The van der Waals surface area contributed by atoms with Crippen molar-refractivity contribution in [2.45, 2.75) is 44.7 Å². The van der Waals surface area contributed by atoms with Gasteiger partial charge in [-0.25, -0.2) is 8.78 Å². The quantitative estimate of drug-likeness (QED) is 0.884. The molecule has 3 aliphatic rings. The van der Waals surface area contributed by atoms with E-state index in [1.165, 1.54) is 44.2 Å². The Morgan fingerprint density at radius 1 is 0.950 bits per heavy atom. The lowest BCUT2D eigenvalue weighted by atomic mass is 9.79. The minimum atomic E-state index is -0.481. The van der Waals surface area contributed by atoms with E-state index in [9.17, 15) is 8.78 Å². The number of nitrogens with one attached hydrogen (secondary N) is 1. The van der Waals surface area contributed by atoms with Crippen molar-refractivity contribution in [3.63, 3.8) is 0 Å². The molecule has 20 heavy (non-hydrogen) atoms. The van der Waals surface area contributed by atoms with Crippen LogP contribution < -0.4 is 5.32 Å². The monoisotopic (exact) mass is 277 g/mol. The predicted molar refractivity (Wildman–Crippen MR) is 74.0 cm³/mol. The molecule has 0 heterocycles. The highest BCUT2D eigenvalue weighted by Crippen LogP contribution is 2.58. The second-order valence-electron chi connectivity index (χ2n) is 6.92. The second kappa shape index (κ2) is 4.80. The van der Waals surface area contributed by atoms with Crippen LogP contribution >= 0.6 is 0 Å². The summed E-state index contributed by atoms with van der Waals surface area (Å²) in [6, 6.07) is 4.36. The smallest absolute Gasteiger partial charge is 0.126 e. The molecule has 0 aliphatic heterocycles. The number of fused-ring (bicyclic) bond motifs is 5. The summed E-state index contributed by atoms with van der Waals surface area (Å²) in [6.07, 6.45) is 6.89. The molecule has 5 atom stereocenters. The highest BCUT2D eigenvalue weighted by Gasteiger charge is 2.53. The molecule has 2 bridgehead atoms. The fourth-order valence-electron chi connectivity index (χ4n) is 5.26. The lowest BCUT2D eigenvalue weighted by Gasteiger charge is -2.32. The number of hydrogen-bond acceptors (Lipinski definition) is 1. The topological polar surface area (TPSA) is 12.0 Å². The van der Waals surface area contributed by atoms with Crippen molar-refractivity contribution >= 4 is 0 Å². The Kier molecular flexibility index (Phi) is 3.06. The fourth-order valence-corrected chi connectivity index (χ4v) is 5.26. The summed E-state index contributed by atoms with van der Waals surface area (Å²) < 4.78 is 26.4. The molecule has 0 spiro atoms. The molecule has 0 aromatic heterocycles. The van der Waals surface area contributed by atoms with Gasteiger partial charge in [0.05, 0.1) is 0 Å². The van der Waals surface area contributed by atoms with Crippen LogP contribution in [0.1, 0.15) is 37.7 Å². The minimum absolute atomic E-state index is 0.481. The van der Waals surface area contributed by atoms with E-state index in [0.29, 0.717) is 18.2 Å². The van der Waals surface area contributed by atoms with Crippen molar-refractivity contribution in [3.05, 3.63) is 35.4 Å². The summed E-state index contributed by atoms with van der Waals surface area (Å²) in [5.74, 6) is 2.68. The van der Waals surface area contributed by atoms with Crippen molar-refractivity contribution in [1.29, 1.82) is 0 Å². The van der Waals surface area contributed by atoms with Crippen LogP contribution in [0, 0.1) is 35.3 Å². The summed E-state index contributed by atoms with van der Waals surface area (Å²) in [4.78, 5) is 0. The zero-order chi connectivity index (χ0) is 13.7. The Balaban J connectivity index is 1.41. The van der Waals surface area contributed by atoms with E-state index in [2.05, 4.69) is 5.32 Å². The van der Waals surface area contributed by atoms with E-state index in [1.54, 1.807) is 0 Å². The third-order valence-corrected chi connectivity index (χ3v) is 5.92.